The van der Waals surface area contributed by atoms with Crippen LogP contribution in [-0.4, -0.2) is 82.4 Å². The fraction of sp³-hybridized carbons (Fsp3) is 0.409. The molecular formula is C22H30N4O7S. The van der Waals surface area contributed by atoms with Crippen molar-refractivity contribution in [2.24, 2.45) is 0 Å². The summed E-state index contributed by atoms with van der Waals surface area (Å²) in [5, 5.41) is 22.4. The molecule has 12 heteroatoms. The van der Waals surface area contributed by atoms with Gasteiger partial charge in [0.25, 0.3) is 11.8 Å². The third-order valence-corrected chi connectivity index (χ3v) is 7.31. The first-order valence-corrected chi connectivity index (χ1v) is 12.1. The SMILES string of the molecule is CC(C)S(=O)(=O)N(CC(=O)N(C)O)CC(O)C(Cc1ccccc1)NC(=O)c1cc(=O)cc[nH]1. The van der Waals surface area contributed by atoms with Gasteiger partial charge in [-0.2, -0.15) is 4.31 Å². The summed E-state index contributed by atoms with van der Waals surface area (Å²) in [5.74, 6) is -1.55. The van der Waals surface area contributed by atoms with Crippen LogP contribution in [0.2, 0.25) is 0 Å². The number of hydrogen-bond acceptors (Lipinski definition) is 7. The smallest absolute Gasteiger partial charge is 0.268 e. The lowest BCUT2D eigenvalue weighted by Gasteiger charge is -2.30. The minimum absolute atomic E-state index is 0.0264. The second-order valence-corrected chi connectivity index (χ2v) is 10.6. The van der Waals surface area contributed by atoms with Gasteiger partial charge in [0, 0.05) is 31.9 Å². The maximum Gasteiger partial charge on any atom is 0.268 e. The summed E-state index contributed by atoms with van der Waals surface area (Å²) >= 11 is 0. The summed E-state index contributed by atoms with van der Waals surface area (Å²) in [6.45, 7) is 1.65. The van der Waals surface area contributed by atoms with Gasteiger partial charge in [0.2, 0.25) is 10.0 Å². The monoisotopic (exact) mass is 494 g/mol. The van der Waals surface area contributed by atoms with Gasteiger partial charge in [0.15, 0.2) is 5.43 Å². The Kier molecular flexibility index (Phi) is 9.50. The Morgan fingerprint density at radius 3 is 2.35 bits per heavy atom. The van der Waals surface area contributed by atoms with E-state index in [2.05, 4.69) is 10.3 Å². The first-order valence-electron chi connectivity index (χ1n) is 10.6. The van der Waals surface area contributed by atoms with E-state index in [-0.39, 0.29) is 22.6 Å². The minimum atomic E-state index is -4.00. The zero-order valence-electron chi connectivity index (χ0n) is 19.2. The van der Waals surface area contributed by atoms with Crippen LogP contribution in [0.3, 0.4) is 0 Å². The average molecular weight is 495 g/mol. The van der Waals surface area contributed by atoms with Gasteiger partial charge in [-0.25, -0.2) is 13.5 Å². The average Bonchev–Trinajstić information content (AvgIpc) is 2.78. The van der Waals surface area contributed by atoms with Crippen LogP contribution in [-0.2, 0) is 21.2 Å². The molecule has 34 heavy (non-hydrogen) atoms. The van der Waals surface area contributed by atoms with Crippen molar-refractivity contribution in [2.75, 3.05) is 20.1 Å². The Bertz CT molecular complexity index is 1130. The van der Waals surface area contributed by atoms with Gasteiger partial charge in [0.1, 0.15) is 5.69 Å². The quantitative estimate of drug-likeness (QED) is 0.252. The predicted octanol–water partition coefficient (Wildman–Crippen LogP) is -0.0353. The Morgan fingerprint density at radius 2 is 1.79 bits per heavy atom. The fourth-order valence-electron chi connectivity index (χ4n) is 3.12. The van der Waals surface area contributed by atoms with Gasteiger partial charge in [-0.05, 0) is 25.8 Å². The molecule has 1 heterocycles. The van der Waals surface area contributed by atoms with Crippen LogP contribution in [0.25, 0.3) is 0 Å². The van der Waals surface area contributed by atoms with E-state index in [0.717, 1.165) is 23.0 Å². The molecule has 1 aromatic carbocycles. The highest BCUT2D eigenvalue weighted by Gasteiger charge is 2.33. The molecule has 2 unspecified atom stereocenters. The molecule has 2 atom stereocenters. The molecule has 0 saturated carbocycles. The Balaban J connectivity index is 2.33. The van der Waals surface area contributed by atoms with Gasteiger partial charge in [-0.15, -0.1) is 0 Å². The van der Waals surface area contributed by atoms with Gasteiger partial charge < -0.3 is 15.4 Å². The molecule has 0 aliphatic heterocycles. The summed E-state index contributed by atoms with van der Waals surface area (Å²) in [7, 11) is -2.93. The number of benzene rings is 1. The number of nitrogens with one attached hydrogen (secondary N) is 2. The molecule has 0 spiro atoms. The molecule has 2 aromatic rings. The van der Waals surface area contributed by atoms with E-state index in [9.17, 15) is 33.1 Å². The maximum atomic E-state index is 12.8. The van der Waals surface area contributed by atoms with Gasteiger partial charge in [-0.1, -0.05) is 30.3 Å². The molecule has 1 aromatic heterocycles. The lowest BCUT2D eigenvalue weighted by molar-refractivity contribution is -0.159. The molecule has 2 amide bonds. The largest absolute Gasteiger partial charge is 0.390 e. The summed E-state index contributed by atoms with van der Waals surface area (Å²) < 4.78 is 26.4. The van der Waals surface area contributed by atoms with E-state index in [1.165, 1.54) is 26.1 Å². The Labute approximate surface area is 198 Å². The minimum Gasteiger partial charge on any atom is -0.390 e. The number of sulfonamides is 1. The number of aromatic nitrogens is 1. The van der Waals surface area contributed by atoms with Crippen molar-refractivity contribution >= 4 is 21.8 Å². The summed E-state index contributed by atoms with van der Waals surface area (Å²) in [5.41, 5.74) is 0.351. The Morgan fingerprint density at radius 1 is 1.15 bits per heavy atom. The van der Waals surface area contributed by atoms with Crippen molar-refractivity contribution in [2.45, 2.75) is 37.7 Å². The number of H-pyrrole nitrogens is 1. The molecule has 0 radical (unpaired) electrons. The number of hydrogen-bond donors (Lipinski definition) is 4. The van der Waals surface area contributed by atoms with Crippen LogP contribution in [0.15, 0.2) is 53.5 Å². The number of likely N-dealkylation sites (N-methyl/N-ethyl adjacent to an activating group) is 1. The molecule has 0 bridgehead atoms. The summed E-state index contributed by atoms with van der Waals surface area (Å²) in [6.07, 6.45) is 0.0344. The first-order chi connectivity index (χ1) is 15.9. The number of hydroxylamine groups is 2. The second-order valence-electron chi connectivity index (χ2n) is 8.08. The van der Waals surface area contributed by atoms with Crippen molar-refractivity contribution in [1.82, 2.24) is 19.7 Å². The third-order valence-electron chi connectivity index (χ3n) is 5.12. The molecule has 0 saturated heterocycles. The van der Waals surface area contributed by atoms with Gasteiger partial charge in [-0.3, -0.25) is 19.6 Å². The molecule has 0 aliphatic rings. The third kappa shape index (κ3) is 7.48. The van der Waals surface area contributed by atoms with E-state index in [1.54, 1.807) is 30.3 Å². The number of aromatic amines is 1. The van der Waals surface area contributed by atoms with Crippen molar-refractivity contribution in [3.05, 3.63) is 70.1 Å². The van der Waals surface area contributed by atoms with Gasteiger partial charge >= 0.3 is 0 Å². The molecule has 4 N–H and O–H groups in total. The van der Waals surface area contributed by atoms with Crippen LogP contribution in [0.4, 0.5) is 0 Å². The number of carbonyl (C=O) groups is 2. The van der Waals surface area contributed by atoms with E-state index in [0.29, 0.717) is 0 Å². The number of nitrogens with zero attached hydrogens (tertiary/aromatic N) is 2. The summed E-state index contributed by atoms with van der Waals surface area (Å²) in [6, 6.07) is 10.3. The number of amides is 2. The second kappa shape index (κ2) is 11.9. The lowest BCUT2D eigenvalue weighted by Crippen LogP contribution is -2.53. The standard InChI is InChI=1S/C22H30N4O7S/c1-15(2)34(32,33)26(14-21(29)25(3)31)13-20(28)18(11-16-7-5-4-6-8-16)24-22(30)19-12-17(27)9-10-23-19/h4-10,12,15,18,20,28,31H,11,13-14H2,1-3H3,(H,23,27)(H,24,30). The lowest BCUT2D eigenvalue weighted by atomic mass is 10.0. The zero-order chi connectivity index (χ0) is 25.5. The van der Waals surface area contributed by atoms with Crippen LogP contribution in [0, 0.1) is 0 Å². The molecule has 186 valence electrons. The van der Waals surface area contributed by atoms with E-state index in [4.69, 9.17) is 0 Å². The zero-order valence-corrected chi connectivity index (χ0v) is 20.0. The molecule has 11 nitrogen and oxygen atoms in total. The number of carbonyl (C=O) groups excluding carboxylic acids is 2. The number of aliphatic hydroxyl groups excluding tert-OH is 1. The Hall–Kier alpha value is -3.06. The first kappa shape index (κ1) is 27.2. The molecular weight excluding hydrogens is 464 g/mol. The predicted molar refractivity (Wildman–Crippen MR) is 125 cm³/mol. The number of rotatable bonds is 11. The molecule has 2 rings (SSSR count). The normalized spacial score (nSPS) is 13.5. The van der Waals surface area contributed by atoms with Crippen LogP contribution in [0.1, 0.15) is 29.9 Å². The van der Waals surface area contributed by atoms with Crippen molar-refractivity contribution in [1.29, 1.82) is 0 Å². The van der Waals surface area contributed by atoms with Crippen LogP contribution >= 0.6 is 0 Å². The van der Waals surface area contributed by atoms with Gasteiger partial charge in [0.05, 0.1) is 23.9 Å². The number of pyridine rings is 1. The highest BCUT2D eigenvalue weighted by molar-refractivity contribution is 7.89. The maximum absolute atomic E-state index is 12.8. The van der Waals surface area contributed by atoms with E-state index < -0.39 is 52.3 Å². The van der Waals surface area contributed by atoms with E-state index >= 15 is 0 Å². The highest BCUT2D eigenvalue weighted by Crippen LogP contribution is 2.14. The summed E-state index contributed by atoms with van der Waals surface area (Å²) in [4.78, 5) is 39.0. The topological polar surface area (TPSA) is 160 Å². The number of aliphatic hydroxyl groups is 1. The van der Waals surface area contributed by atoms with Crippen molar-refractivity contribution in [3.8, 4) is 0 Å². The molecule has 0 fully saturated rings. The van der Waals surface area contributed by atoms with Crippen LogP contribution in [0.5, 0.6) is 0 Å². The van der Waals surface area contributed by atoms with Crippen molar-refractivity contribution < 1.29 is 28.3 Å². The van der Waals surface area contributed by atoms with Crippen molar-refractivity contribution in [3.63, 3.8) is 0 Å². The molecule has 0 aliphatic carbocycles. The fourth-order valence-corrected chi connectivity index (χ4v) is 4.37. The van der Waals surface area contributed by atoms with E-state index in [1.807, 2.05) is 0 Å². The highest BCUT2D eigenvalue weighted by atomic mass is 32.2. The van der Waals surface area contributed by atoms with Crippen LogP contribution < -0.4 is 10.7 Å².